The molecule has 2 heterocycles. The van der Waals surface area contributed by atoms with Gasteiger partial charge in [0.05, 0.1) is 17.9 Å². The molecule has 0 atom stereocenters. The average Bonchev–Trinajstić information content (AvgIpc) is 2.63. The van der Waals surface area contributed by atoms with E-state index in [4.69, 9.17) is 0 Å². The molecule has 0 spiro atoms. The van der Waals surface area contributed by atoms with Gasteiger partial charge in [-0.05, 0) is 24.3 Å². The summed E-state index contributed by atoms with van der Waals surface area (Å²) >= 11 is 0. The van der Waals surface area contributed by atoms with Crippen molar-refractivity contribution in [3.05, 3.63) is 78.0 Å². The van der Waals surface area contributed by atoms with Crippen LogP contribution < -0.4 is 10.6 Å². The molecule has 0 aliphatic carbocycles. The Morgan fingerprint density at radius 1 is 1.04 bits per heavy atom. The van der Waals surface area contributed by atoms with Gasteiger partial charge in [0.15, 0.2) is 0 Å². The number of carbonyl (C=O) groups excluding carboxylic acids is 1. The minimum absolute atomic E-state index is 0.0416. The molecule has 2 N–H and O–H groups in total. The molecule has 25 heavy (non-hydrogen) atoms. The highest BCUT2D eigenvalue weighted by molar-refractivity contribution is 5.92. The Balaban J connectivity index is 1.69. The Bertz CT molecular complexity index is 889. The molecular weight excluding hydrogens is 328 g/mol. The summed E-state index contributed by atoms with van der Waals surface area (Å²) in [7, 11) is 0. The number of carbonyl (C=O) groups is 1. The van der Waals surface area contributed by atoms with E-state index in [-0.39, 0.29) is 23.7 Å². The summed E-state index contributed by atoms with van der Waals surface area (Å²) in [6, 6.07) is 9.87. The first kappa shape index (κ1) is 16.4. The Morgan fingerprint density at radius 2 is 1.92 bits per heavy atom. The van der Waals surface area contributed by atoms with Crippen molar-refractivity contribution in [2.75, 3.05) is 5.32 Å². The lowest BCUT2D eigenvalue weighted by atomic mass is 10.3. The minimum atomic E-state index is -0.764. The summed E-state index contributed by atoms with van der Waals surface area (Å²) in [5, 5.41) is 5.37. The summed E-state index contributed by atoms with van der Waals surface area (Å²) in [5.74, 6) is -1.65. The molecule has 0 aliphatic rings. The van der Waals surface area contributed by atoms with Crippen LogP contribution in [0.15, 0.2) is 55.0 Å². The largest absolute Gasteiger partial charge is 0.345 e. The maximum absolute atomic E-state index is 13.7. The number of benzene rings is 1. The summed E-state index contributed by atoms with van der Waals surface area (Å²) in [4.78, 5) is 24.1. The smallest absolute Gasteiger partial charge is 0.270 e. The number of amides is 1. The van der Waals surface area contributed by atoms with Gasteiger partial charge in [0.2, 0.25) is 0 Å². The molecule has 0 fully saturated rings. The molecule has 0 saturated carbocycles. The van der Waals surface area contributed by atoms with E-state index < -0.39 is 17.5 Å². The number of rotatable bonds is 5. The standard InChI is InChI=1S/C17H13F2N5O/c18-11-4-5-14(13(19)7-11)24-16-8-15(22-10-23-16)17(25)21-9-12-3-1-2-6-20-12/h1-8,10H,9H2,(H,21,25)(H,22,23,24). The van der Waals surface area contributed by atoms with Gasteiger partial charge in [0.1, 0.15) is 29.5 Å². The number of hydrogen-bond donors (Lipinski definition) is 2. The zero-order chi connectivity index (χ0) is 17.6. The topological polar surface area (TPSA) is 79.8 Å². The van der Waals surface area contributed by atoms with Crippen LogP contribution in [0.3, 0.4) is 0 Å². The van der Waals surface area contributed by atoms with Crippen molar-refractivity contribution < 1.29 is 13.6 Å². The second-order valence-corrected chi connectivity index (χ2v) is 5.04. The number of aromatic nitrogens is 3. The molecule has 0 radical (unpaired) electrons. The molecule has 126 valence electrons. The number of pyridine rings is 1. The minimum Gasteiger partial charge on any atom is -0.345 e. The third-order valence-electron chi connectivity index (χ3n) is 3.25. The third-order valence-corrected chi connectivity index (χ3v) is 3.25. The van der Waals surface area contributed by atoms with Crippen molar-refractivity contribution in [3.8, 4) is 0 Å². The molecule has 3 aromatic rings. The Labute approximate surface area is 142 Å². The maximum atomic E-state index is 13.7. The molecule has 0 bridgehead atoms. The van der Waals surface area contributed by atoms with Crippen LogP contribution in [0, 0.1) is 11.6 Å². The number of halogens is 2. The van der Waals surface area contributed by atoms with Crippen molar-refractivity contribution in [2.45, 2.75) is 6.54 Å². The highest BCUT2D eigenvalue weighted by Crippen LogP contribution is 2.19. The van der Waals surface area contributed by atoms with Crippen LogP contribution in [0.1, 0.15) is 16.2 Å². The molecule has 6 nitrogen and oxygen atoms in total. The second kappa shape index (κ2) is 7.43. The highest BCUT2D eigenvalue weighted by Gasteiger charge is 2.10. The zero-order valence-corrected chi connectivity index (χ0v) is 12.9. The van der Waals surface area contributed by atoms with E-state index in [9.17, 15) is 13.6 Å². The van der Waals surface area contributed by atoms with Gasteiger partial charge in [-0.1, -0.05) is 6.07 Å². The Kier molecular flexibility index (Phi) is 4.89. The van der Waals surface area contributed by atoms with Crippen LogP contribution in [0.5, 0.6) is 0 Å². The normalized spacial score (nSPS) is 10.3. The van der Waals surface area contributed by atoms with Gasteiger partial charge in [-0.15, -0.1) is 0 Å². The van der Waals surface area contributed by atoms with Crippen molar-refractivity contribution in [1.82, 2.24) is 20.3 Å². The monoisotopic (exact) mass is 341 g/mol. The van der Waals surface area contributed by atoms with E-state index in [0.29, 0.717) is 5.69 Å². The van der Waals surface area contributed by atoms with Crippen LogP contribution in [-0.4, -0.2) is 20.9 Å². The predicted octanol–water partition coefficient (Wildman–Crippen LogP) is 2.82. The van der Waals surface area contributed by atoms with Crippen LogP contribution in [0.4, 0.5) is 20.3 Å². The van der Waals surface area contributed by atoms with E-state index >= 15 is 0 Å². The fourth-order valence-corrected chi connectivity index (χ4v) is 2.04. The fourth-order valence-electron chi connectivity index (χ4n) is 2.04. The lowest BCUT2D eigenvalue weighted by Crippen LogP contribution is -2.24. The highest BCUT2D eigenvalue weighted by atomic mass is 19.1. The summed E-state index contributed by atoms with van der Waals surface area (Å²) in [6.07, 6.45) is 2.81. The SMILES string of the molecule is O=C(NCc1ccccn1)c1cc(Nc2ccc(F)cc2F)ncn1. The van der Waals surface area contributed by atoms with E-state index in [1.807, 2.05) is 6.07 Å². The van der Waals surface area contributed by atoms with Crippen LogP contribution in [0.2, 0.25) is 0 Å². The van der Waals surface area contributed by atoms with E-state index in [0.717, 1.165) is 12.1 Å². The first-order valence-corrected chi connectivity index (χ1v) is 7.34. The van der Waals surface area contributed by atoms with Gasteiger partial charge in [-0.2, -0.15) is 0 Å². The molecule has 3 rings (SSSR count). The second-order valence-electron chi connectivity index (χ2n) is 5.04. The van der Waals surface area contributed by atoms with Gasteiger partial charge in [-0.25, -0.2) is 18.7 Å². The van der Waals surface area contributed by atoms with Crippen molar-refractivity contribution in [1.29, 1.82) is 0 Å². The number of nitrogens with one attached hydrogen (secondary N) is 2. The maximum Gasteiger partial charge on any atom is 0.270 e. The van der Waals surface area contributed by atoms with Crippen molar-refractivity contribution in [3.63, 3.8) is 0 Å². The molecular formula is C17H13F2N5O. The first-order valence-electron chi connectivity index (χ1n) is 7.34. The molecule has 0 aliphatic heterocycles. The average molecular weight is 341 g/mol. The van der Waals surface area contributed by atoms with E-state index in [1.54, 1.807) is 18.3 Å². The summed E-state index contributed by atoms with van der Waals surface area (Å²) < 4.78 is 26.6. The van der Waals surface area contributed by atoms with Gasteiger partial charge >= 0.3 is 0 Å². The summed E-state index contributed by atoms with van der Waals surface area (Å²) in [6.45, 7) is 0.249. The number of anilines is 2. The lowest BCUT2D eigenvalue weighted by molar-refractivity contribution is 0.0945. The predicted molar refractivity (Wildman–Crippen MR) is 87.1 cm³/mol. The van der Waals surface area contributed by atoms with Crippen LogP contribution in [0.25, 0.3) is 0 Å². The van der Waals surface area contributed by atoms with Crippen LogP contribution >= 0.6 is 0 Å². The van der Waals surface area contributed by atoms with Gasteiger partial charge < -0.3 is 10.6 Å². The van der Waals surface area contributed by atoms with Gasteiger partial charge in [-0.3, -0.25) is 9.78 Å². The molecule has 0 saturated heterocycles. The Hall–Kier alpha value is -3.42. The summed E-state index contributed by atoms with van der Waals surface area (Å²) in [5.41, 5.74) is 0.854. The van der Waals surface area contributed by atoms with Gasteiger partial charge in [0.25, 0.3) is 5.91 Å². The van der Waals surface area contributed by atoms with E-state index in [1.165, 1.54) is 18.5 Å². The molecule has 8 heteroatoms. The molecule has 2 aromatic heterocycles. The quantitative estimate of drug-likeness (QED) is 0.746. The molecule has 0 unspecified atom stereocenters. The lowest BCUT2D eigenvalue weighted by Gasteiger charge is -2.08. The molecule has 1 aromatic carbocycles. The van der Waals surface area contributed by atoms with Gasteiger partial charge in [0, 0.05) is 18.3 Å². The molecule has 1 amide bonds. The van der Waals surface area contributed by atoms with Crippen LogP contribution in [-0.2, 0) is 6.54 Å². The van der Waals surface area contributed by atoms with E-state index in [2.05, 4.69) is 25.6 Å². The number of hydrogen-bond acceptors (Lipinski definition) is 5. The fraction of sp³-hybridized carbons (Fsp3) is 0.0588. The Morgan fingerprint density at radius 3 is 2.68 bits per heavy atom. The third kappa shape index (κ3) is 4.31. The van der Waals surface area contributed by atoms with Crippen molar-refractivity contribution >= 4 is 17.4 Å². The van der Waals surface area contributed by atoms with Crippen molar-refractivity contribution in [2.24, 2.45) is 0 Å². The first-order chi connectivity index (χ1) is 12.1. The zero-order valence-electron chi connectivity index (χ0n) is 12.9. The number of nitrogens with zero attached hydrogens (tertiary/aromatic N) is 3.